The van der Waals surface area contributed by atoms with E-state index < -0.39 is 11.7 Å². The summed E-state index contributed by atoms with van der Waals surface area (Å²) in [6.45, 7) is 0. The van der Waals surface area contributed by atoms with Crippen LogP contribution in [0.25, 0.3) is 22.0 Å². The first-order chi connectivity index (χ1) is 10.4. The molecular formula is C16H8ClF3N2. The minimum Gasteiger partial charge on any atom is -0.361 e. The summed E-state index contributed by atoms with van der Waals surface area (Å²) in [5, 5.41) is 9.54. The van der Waals surface area contributed by atoms with E-state index in [9.17, 15) is 13.2 Å². The Kier molecular flexibility index (Phi) is 3.34. The lowest BCUT2D eigenvalue weighted by Gasteiger charge is -2.13. The Bertz CT molecular complexity index is 904. The smallest absolute Gasteiger partial charge is 0.361 e. The van der Waals surface area contributed by atoms with Gasteiger partial charge in [0.05, 0.1) is 17.2 Å². The summed E-state index contributed by atoms with van der Waals surface area (Å²) < 4.78 is 39.7. The van der Waals surface area contributed by atoms with E-state index in [-0.39, 0.29) is 10.6 Å². The molecule has 1 aromatic heterocycles. The van der Waals surface area contributed by atoms with E-state index >= 15 is 0 Å². The van der Waals surface area contributed by atoms with E-state index in [2.05, 4.69) is 4.98 Å². The van der Waals surface area contributed by atoms with Crippen molar-refractivity contribution in [1.82, 2.24) is 4.98 Å². The zero-order valence-corrected chi connectivity index (χ0v) is 11.8. The van der Waals surface area contributed by atoms with Gasteiger partial charge in [0, 0.05) is 27.7 Å². The SMILES string of the molecule is N#Cc1ccc2[nH]cc(-c3ccc(Cl)cc3C(F)(F)F)c2c1. The fourth-order valence-electron chi connectivity index (χ4n) is 2.40. The van der Waals surface area contributed by atoms with Crippen LogP contribution in [0.1, 0.15) is 11.1 Å². The Morgan fingerprint density at radius 3 is 2.50 bits per heavy atom. The quantitative estimate of drug-likeness (QED) is 0.642. The van der Waals surface area contributed by atoms with Crippen LogP contribution in [0.5, 0.6) is 0 Å². The number of alkyl halides is 3. The van der Waals surface area contributed by atoms with Crippen LogP contribution in [0, 0.1) is 11.3 Å². The molecule has 2 nitrogen and oxygen atoms in total. The lowest BCUT2D eigenvalue weighted by molar-refractivity contribution is -0.137. The van der Waals surface area contributed by atoms with Crippen molar-refractivity contribution in [3.05, 3.63) is 58.7 Å². The highest BCUT2D eigenvalue weighted by Crippen LogP contribution is 2.40. The summed E-state index contributed by atoms with van der Waals surface area (Å²) in [5.41, 5.74) is 0.658. The van der Waals surface area contributed by atoms with Crippen molar-refractivity contribution in [2.45, 2.75) is 6.18 Å². The van der Waals surface area contributed by atoms with Crippen LogP contribution in [0.3, 0.4) is 0 Å². The molecule has 3 rings (SSSR count). The Morgan fingerprint density at radius 1 is 1.05 bits per heavy atom. The Labute approximate surface area is 128 Å². The Balaban J connectivity index is 2.31. The number of nitrogens with zero attached hydrogens (tertiary/aromatic N) is 1. The molecule has 0 bridgehead atoms. The lowest BCUT2D eigenvalue weighted by atomic mass is 9.98. The average molecular weight is 321 g/mol. The summed E-state index contributed by atoms with van der Waals surface area (Å²) in [4.78, 5) is 2.92. The molecule has 22 heavy (non-hydrogen) atoms. The molecular weight excluding hydrogens is 313 g/mol. The number of aromatic nitrogens is 1. The van der Waals surface area contributed by atoms with Crippen LogP contribution in [-0.4, -0.2) is 4.98 Å². The second-order valence-electron chi connectivity index (χ2n) is 4.76. The zero-order chi connectivity index (χ0) is 15.9. The Hall–Kier alpha value is -2.45. The molecule has 0 aliphatic carbocycles. The largest absolute Gasteiger partial charge is 0.417 e. The highest BCUT2D eigenvalue weighted by atomic mass is 35.5. The first kappa shape index (κ1) is 14.5. The molecule has 6 heteroatoms. The third kappa shape index (κ3) is 2.42. The van der Waals surface area contributed by atoms with E-state index in [1.54, 1.807) is 18.2 Å². The first-order valence-electron chi connectivity index (χ1n) is 6.28. The summed E-state index contributed by atoms with van der Waals surface area (Å²) in [6.07, 6.45) is -3.01. The Morgan fingerprint density at radius 2 is 1.82 bits per heavy atom. The van der Waals surface area contributed by atoms with Crippen molar-refractivity contribution in [1.29, 1.82) is 5.26 Å². The number of benzene rings is 2. The number of fused-ring (bicyclic) bond motifs is 1. The molecule has 0 atom stereocenters. The molecule has 0 spiro atoms. The fourth-order valence-corrected chi connectivity index (χ4v) is 2.57. The maximum atomic E-state index is 13.2. The molecule has 0 fully saturated rings. The topological polar surface area (TPSA) is 39.6 Å². The molecule has 0 aliphatic heterocycles. The number of nitrogens with one attached hydrogen (secondary N) is 1. The average Bonchev–Trinajstić information content (AvgIpc) is 2.89. The molecule has 0 radical (unpaired) electrons. The van der Waals surface area contributed by atoms with Crippen molar-refractivity contribution >= 4 is 22.5 Å². The molecule has 1 heterocycles. The minimum atomic E-state index is -4.52. The molecule has 110 valence electrons. The second-order valence-corrected chi connectivity index (χ2v) is 5.20. The summed E-state index contributed by atoms with van der Waals surface area (Å²) >= 11 is 5.70. The van der Waals surface area contributed by atoms with E-state index in [0.717, 1.165) is 6.07 Å². The van der Waals surface area contributed by atoms with Gasteiger partial charge in [-0.15, -0.1) is 0 Å². The van der Waals surface area contributed by atoms with Crippen LogP contribution in [-0.2, 0) is 6.18 Å². The van der Waals surface area contributed by atoms with Crippen molar-refractivity contribution < 1.29 is 13.2 Å². The van der Waals surface area contributed by atoms with Gasteiger partial charge < -0.3 is 4.98 Å². The number of halogens is 4. The van der Waals surface area contributed by atoms with Gasteiger partial charge in [0.1, 0.15) is 0 Å². The zero-order valence-electron chi connectivity index (χ0n) is 11.0. The monoisotopic (exact) mass is 320 g/mol. The van der Waals surface area contributed by atoms with Gasteiger partial charge in [-0.05, 0) is 35.9 Å². The molecule has 0 amide bonds. The number of hydrogen-bond donors (Lipinski definition) is 1. The van der Waals surface area contributed by atoms with E-state index in [1.807, 2.05) is 6.07 Å². The molecule has 0 unspecified atom stereocenters. The summed E-state index contributed by atoms with van der Waals surface area (Å²) in [6, 6.07) is 10.5. The van der Waals surface area contributed by atoms with Gasteiger partial charge in [-0.1, -0.05) is 17.7 Å². The van der Waals surface area contributed by atoms with Gasteiger partial charge in [0.15, 0.2) is 0 Å². The van der Waals surface area contributed by atoms with Crippen molar-refractivity contribution in [3.63, 3.8) is 0 Å². The maximum Gasteiger partial charge on any atom is 0.417 e. The third-order valence-electron chi connectivity index (χ3n) is 3.39. The van der Waals surface area contributed by atoms with Crippen LogP contribution in [0.15, 0.2) is 42.6 Å². The van der Waals surface area contributed by atoms with Crippen LogP contribution in [0.2, 0.25) is 5.02 Å². The predicted molar refractivity (Wildman–Crippen MR) is 78.5 cm³/mol. The number of rotatable bonds is 1. The molecule has 0 saturated carbocycles. The molecule has 0 aliphatic rings. The van der Waals surface area contributed by atoms with Crippen LogP contribution in [0.4, 0.5) is 13.2 Å². The maximum absolute atomic E-state index is 13.2. The highest BCUT2D eigenvalue weighted by molar-refractivity contribution is 6.30. The number of H-pyrrole nitrogens is 1. The summed E-state index contributed by atoms with van der Waals surface area (Å²) in [5.74, 6) is 0. The van der Waals surface area contributed by atoms with Gasteiger partial charge in [-0.3, -0.25) is 0 Å². The predicted octanol–water partition coefficient (Wildman–Crippen LogP) is 5.38. The van der Waals surface area contributed by atoms with Gasteiger partial charge in [0.25, 0.3) is 0 Å². The number of aromatic amines is 1. The normalized spacial score (nSPS) is 11.6. The van der Waals surface area contributed by atoms with E-state index in [1.165, 1.54) is 18.3 Å². The van der Waals surface area contributed by atoms with Crippen molar-refractivity contribution in [2.75, 3.05) is 0 Å². The van der Waals surface area contributed by atoms with Gasteiger partial charge in [-0.25, -0.2) is 0 Å². The van der Waals surface area contributed by atoms with Crippen LogP contribution < -0.4 is 0 Å². The summed E-state index contributed by atoms with van der Waals surface area (Å²) in [7, 11) is 0. The minimum absolute atomic E-state index is 0.0219. The first-order valence-corrected chi connectivity index (χ1v) is 6.66. The molecule has 2 aromatic carbocycles. The van der Waals surface area contributed by atoms with Crippen molar-refractivity contribution in [2.24, 2.45) is 0 Å². The molecule has 0 saturated heterocycles. The molecule has 3 aromatic rings. The van der Waals surface area contributed by atoms with Gasteiger partial charge in [-0.2, -0.15) is 18.4 Å². The van der Waals surface area contributed by atoms with Crippen molar-refractivity contribution in [3.8, 4) is 17.2 Å². The molecule has 1 N–H and O–H groups in total. The fraction of sp³-hybridized carbons (Fsp3) is 0.0625. The van der Waals surface area contributed by atoms with Gasteiger partial charge >= 0.3 is 6.18 Å². The lowest BCUT2D eigenvalue weighted by Crippen LogP contribution is -2.07. The second kappa shape index (κ2) is 5.08. The highest BCUT2D eigenvalue weighted by Gasteiger charge is 2.34. The van der Waals surface area contributed by atoms with Crippen LogP contribution >= 0.6 is 11.6 Å². The van der Waals surface area contributed by atoms with E-state index in [0.29, 0.717) is 22.0 Å². The standard InChI is InChI=1S/C16H8ClF3N2/c17-10-2-3-11(14(6-10)16(18,19)20)13-8-22-15-4-1-9(7-21)5-12(13)15/h1-6,8,22H. The number of hydrogen-bond acceptors (Lipinski definition) is 1. The van der Waals surface area contributed by atoms with Gasteiger partial charge in [0.2, 0.25) is 0 Å². The van der Waals surface area contributed by atoms with E-state index in [4.69, 9.17) is 16.9 Å². The third-order valence-corrected chi connectivity index (χ3v) is 3.62. The number of nitriles is 1.